The van der Waals surface area contributed by atoms with Gasteiger partial charge < -0.3 is 10.5 Å². The minimum atomic E-state index is 0.157. The molecule has 0 amide bonds. The van der Waals surface area contributed by atoms with Crippen molar-refractivity contribution < 1.29 is 4.74 Å². The molecule has 0 fully saturated rings. The molecule has 1 rings (SSSR count). The van der Waals surface area contributed by atoms with Gasteiger partial charge in [-0.1, -0.05) is 35.3 Å². The quantitative estimate of drug-likeness (QED) is 0.892. The first-order chi connectivity index (χ1) is 8.43. The highest BCUT2D eigenvalue weighted by atomic mass is 35.5. The van der Waals surface area contributed by atoms with Gasteiger partial charge in [0.25, 0.3) is 0 Å². The minimum Gasteiger partial charge on any atom is -0.487 e. The molecule has 2 N–H and O–H groups in total. The van der Waals surface area contributed by atoms with Crippen LogP contribution in [0.1, 0.15) is 23.6 Å². The molecule has 1 unspecified atom stereocenters. The summed E-state index contributed by atoms with van der Waals surface area (Å²) in [5, 5.41) is 0.482. The fourth-order valence-corrected chi connectivity index (χ4v) is 2.05. The SMILES string of the molecule is Cc1cc(CC(C)N)cc(C)c1OCC(Cl)=CCl. The molecule has 4 heteroatoms. The largest absolute Gasteiger partial charge is 0.487 e. The van der Waals surface area contributed by atoms with Crippen LogP contribution in [0.2, 0.25) is 0 Å². The van der Waals surface area contributed by atoms with Gasteiger partial charge in [-0.25, -0.2) is 0 Å². The van der Waals surface area contributed by atoms with Crippen LogP contribution in [-0.2, 0) is 6.42 Å². The Morgan fingerprint density at radius 2 is 1.94 bits per heavy atom. The number of ether oxygens (including phenoxy) is 1. The topological polar surface area (TPSA) is 35.2 Å². The van der Waals surface area contributed by atoms with Gasteiger partial charge in [0.15, 0.2) is 0 Å². The van der Waals surface area contributed by atoms with Crippen LogP contribution in [0.25, 0.3) is 0 Å². The van der Waals surface area contributed by atoms with Crippen LogP contribution >= 0.6 is 23.2 Å². The van der Waals surface area contributed by atoms with E-state index in [4.69, 9.17) is 33.7 Å². The van der Waals surface area contributed by atoms with Crippen molar-refractivity contribution in [3.63, 3.8) is 0 Å². The maximum Gasteiger partial charge on any atom is 0.125 e. The lowest BCUT2D eigenvalue weighted by molar-refractivity contribution is 0.354. The van der Waals surface area contributed by atoms with Crippen molar-refractivity contribution in [2.24, 2.45) is 5.73 Å². The zero-order valence-electron chi connectivity index (χ0n) is 11.0. The maximum atomic E-state index is 5.81. The van der Waals surface area contributed by atoms with Crippen LogP contribution < -0.4 is 10.5 Å². The summed E-state index contributed by atoms with van der Waals surface area (Å²) in [6.45, 7) is 6.33. The van der Waals surface area contributed by atoms with E-state index in [1.165, 1.54) is 11.1 Å². The van der Waals surface area contributed by atoms with Crippen molar-refractivity contribution in [1.82, 2.24) is 0 Å². The van der Waals surface area contributed by atoms with Gasteiger partial charge in [-0.15, -0.1) is 0 Å². The van der Waals surface area contributed by atoms with Gasteiger partial charge in [-0.05, 0) is 43.9 Å². The molecule has 18 heavy (non-hydrogen) atoms. The van der Waals surface area contributed by atoms with Gasteiger partial charge in [0.1, 0.15) is 12.4 Å². The first kappa shape index (κ1) is 15.4. The first-order valence-corrected chi connectivity index (χ1v) is 6.68. The molecule has 1 aromatic carbocycles. The third-order valence-electron chi connectivity index (χ3n) is 2.55. The van der Waals surface area contributed by atoms with E-state index in [0.717, 1.165) is 23.3 Å². The molecule has 100 valence electrons. The second-order valence-corrected chi connectivity index (χ2v) is 5.29. The third kappa shape index (κ3) is 4.52. The first-order valence-electron chi connectivity index (χ1n) is 5.87. The van der Waals surface area contributed by atoms with Gasteiger partial charge in [0.2, 0.25) is 0 Å². The molecule has 0 aliphatic carbocycles. The van der Waals surface area contributed by atoms with Crippen molar-refractivity contribution in [3.8, 4) is 5.75 Å². The summed E-state index contributed by atoms with van der Waals surface area (Å²) in [7, 11) is 0. The summed E-state index contributed by atoms with van der Waals surface area (Å²) >= 11 is 11.3. The molecule has 0 heterocycles. The molecular formula is C14H19Cl2NO. The summed E-state index contributed by atoms with van der Waals surface area (Å²) in [4.78, 5) is 0. The van der Waals surface area contributed by atoms with Crippen LogP contribution in [0, 0.1) is 13.8 Å². The molecule has 0 aromatic heterocycles. The van der Waals surface area contributed by atoms with E-state index in [0.29, 0.717) is 11.6 Å². The van der Waals surface area contributed by atoms with E-state index in [1.807, 2.05) is 20.8 Å². The second-order valence-electron chi connectivity index (χ2n) is 4.58. The molecule has 0 bridgehead atoms. The standard InChI is InChI=1S/C14H19Cl2NO/c1-9-4-12(6-11(3)17)5-10(2)14(9)18-8-13(16)7-15/h4-5,7,11H,6,8,17H2,1-3H3. The van der Waals surface area contributed by atoms with E-state index in [1.54, 1.807) is 0 Å². The zero-order valence-corrected chi connectivity index (χ0v) is 12.5. The number of rotatable bonds is 5. The number of hydrogen-bond acceptors (Lipinski definition) is 2. The van der Waals surface area contributed by atoms with E-state index in [9.17, 15) is 0 Å². The van der Waals surface area contributed by atoms with Crippen LogP contribution in [0.3, 0.4) is 0 Å². The lowest BCUT2D eigenvalue weighted by Crippen LogP contribution is -2.18. The monoisotopic (exact) mass is 287 g/mol. The highest BCUT2D eigenvalue weighted by molar-refractivity contribution is 6.36. The van der Waals surface area contributed by atoms with Crippen molar-refractivity contribution >= 4 is 23.2 Å². The highest BCUT2D eigenvalue weighted by Gasteiger charge is 2.08. The molecule has 0 radical (unpaired) electrons. The Hall–Kier alpha value is -0.700. The Morgan fingerprint density at radius 3 is 2.39 bits per heavy atom. The van der Waals surface area contributed by atoms with E-state index < -0.39 is 0 Å². The molecule has 1 aromatic rings. The minimum absolute atomic E-state index is 0.157. The summed E-state index contributed by atoms with van der Waals surface area (Å²) in [6, 6.07) is 4.36. The van der Waals surface area contributed by atoms with Crippen LogP contribution in [0.5, 0.6) is 5.75 Å². The zero-order chi connectivity index (χ0) is 13.7. The van der Waals surface area contributed by atoms with Crippen LogP contribution in [0.15, 0.2) is 22.7 Å². The third-order valence-corrected chi connectivity index (χ3v) is 3.14. The average Bonchev–Trinajstić information content (AvgIpc) is 2.26. The molecular weight excluding hydrogens is 269 g/mol. The Bertz CT molecular complexity index is 418. The summed E-state index contributed by atoms with van der Waals surface area (Å²) in [5.41, 5.74) is 10.5. The maximum absolute atomic E-state index is 5.81. The number of hydrogen-bond donors (Lipinski definition) is 1. The lowest BCUT2D eigenvalue weighted by atomic mass is 10.0. The molecule has 2 nitrogen and oxygen atoms in total. The summed E-state index contributed by atoms with van der Waals surface area (Å²) < 4.78 is 5.66. The van der Waals surface area contributed by atoms with Gasteiger partial charge in [-0.2, -0.15) is 0 Å². The normalized spacial score (nSPS) is 13.6. The Kier molecular flexibility index (Phi) is 6.00. The second kappa shape index (κ2) is 7.03. The van der Waals surface area contributed by atoms with Crippen LogP contribution in [-0.4, -0.2) is 12.6 Å². The highest BCUT2D eigenvalue weighted by Crippen LogP contribution is 2.26. The van der Waals surface area contributed by atoms with Crippen molar-refractivity contribution in [1.29, 1.82) is 0 Å². The van der Waals surface area contributed by atoms with Crippen molar-refractivity contribution in [3.05, 3.63) is 39.4 Å². The van der Waals surface area contributed by atoms with Gasteiger partial charge in [-0.3, -0.25) is 0 Å². The molecule has 0 aliphatic rings. The predicted octanol–water partition coefficient (Wildman–Crippen LogP) is 3.89. The predicted molar refractivity (Wildman–Crippen MR) is 78.6 cm³/mol. The summed E-state index contributed by atoms with van der Waals surface area (Å²) in [6.07, 6.45) is 0.865. The molecule has 0 aliphatic heterocycles. The Labute approximate surface area is 119 Å². The summed E-state index contributed by atoms with van der Waals surface area (Å²) in [5.74, 6) is 0.861. The number of halogens is 2. The van der Waals surface area contributed by atoms with E-state index in [2.05, 4.69) is 12.1 Å². The lowest BCUT2D eigenvalue weighted by Gasteiger charge is -2.14. The number of nitrogens with two attached hydrogens (primary N) is 1. The van der Waals surface area contributed by atoms with Crippen molar-refractivity contribution in [2.75, 3.05) is 6.61 Å². The fourth-order valence-electron chi connectivity index (χ4n) is 1.93. The molecule has 0 spiro atoms. The number of benzene rings is 1. The van der Waals surface area contributed by atoms with Crippen LogP contribution in [0.4, 0.5) is 0 Å². The van der Waals surface area contributed by atoms with Crippen molar-refractivity contribution in [2.45, 2.75) is 33.2 Å². The van der Waals surface area contributed by atoms with E-state index in [-0.39, 0.29) is 6.04 Å². The number of aryl methyl sites for hydroxylation is 2. The Balaban J connectivity index is 2.87. The molecule has 0 saturated carbocycles. The van der Waals surface area contributed by atoms with Gasteiger partial charge >= 0.3 is 0 Å². The van der Waals surface area contributed by atoms with Gasteiger partial charge in [0.05, 0.1) is 5.03 Å². The smallest absolute Gasteiger partial charge is 0.125 e. The molecule has 1 atom stereocenters. The molecule has 0 saturated heterocycles. The average molecular weight is 288 g/mol. The fraction of sp³-hybridized carbons (Fsp3) is 0.429. The van der Waals surface area contributed by atoms with Gasteiger partial charge in [0, 0.05) is 11.6 Å². The Morgan fingerprint density at radius 1 is 1.39 bits per heavy atom. The van der Waals surface area contributed by atoms with E-state index >= 15 is 0 Å².